The predicted octanol–water partition coefficient (Wildman–Crippen LogP) is 2.63. The highest BCUT2D eigenvalue weighted by Crippen LogP contribution is 2.24. The molecule has 3 amide bonds. The third-order valence-electron chi connectivity index (χ3n) is 5.18. The Labute approximate surface area is 149 Å². The number of rotatable bonds is 3. The van der Waals surface area contributed by atoms with Crippen LogP contribution in [0.2, 0.25) is 0 Å². The van der Waals surface area contributed by atoms with Crippen LogP contribution in [0.5, 0.6) is 0 Å². The minimum absolute atomic E-state index is 0.0905. The smallest absolute Gasteiger partial charge is 0.321 e. The molecule has 136 valence electrons. The maximum absolute atomic E-state index is 12.6. The van der Waals surface area contributed by atoms with Crippen molar-refractivity contribution in [3.8, 4) is 0 Å². The number of carbonyl (C=O) groups is 2. The summed E-state index contributed by atoms with van der Waals surface area (Å²) in [5.74, 6) is 0.0954. The zero-order chi connectivity index (χ0) is 17.8. The molecule has 2 saturated heterocycles. The number of anilines is 1. The fraction of sp³-hybridized carbons (Fsp3) is 0.579. The van der Waals surface area contributed by atoms with E-state index in [9.17, 15) is 9.59 Å². The average molecular weight is 345 g/mol. The van der Waals surface area contributed by atoms with Crippen molar-refractivity contribution in [2.75, 3.05) is 31.6 Å². The zero-order valence-corrected chi connectivity index (χ0v) is 15.0. The molecule has 0 bridgehead atoms. The lowest BCUT2D eigenvalue weighted by Crippen LogP contribution is -2.49. The largest absolute Gasteiger partial charge is 0.381 e. The first-order chi connectivity index (χ1) is 12.1. The minimum Gasteiger partial charge on any atom is -0.381 e. The van der Waals surface area contributed by atoms with Crippen molar-refractivity contribution in [2.45, 2.75) is 45.2 Å². The second kappa shape index (κ2) is 7.87. The van der Waals surface area contributed by atoms with Gasteiger partial charge in [0.2, 0.25) is 5.91 Å². The molecule has 0 saturated carbocycles. The molecule has 1 unspecified atom stereocenters. The first kappa shape index (κ1) is 17.7. The van der Waals surface area contributed by atoms with Crippen molar-refractivity contribution in [2.24, 2.45) is 0 Å². The van der Waals surface area contributed by atoms with E-state index >= 15 is 0 Å². The van der Waals surface area contributed by atoms with E-state index in [1.54, 1.807) is 6.92 Å². The standard InChI is InChI=1S/C19H27N3O3/c1-14-5-3-4-6-18(14)20-19(24)21-10-7-17(13-21)22(15(2)23)16-8-11-25-12-9-16/h3-6,16-17H,7-13H2,1-2H3,(H,20,24). The molecule has 1 aromatic rings. The van der Waals surface area contributed by atoms with Crippen LogP contribution >= 0.6 is 0 Å². The van der Waals surface area contributed by atoms with E-state index in [4.69, 9.17) is 4.74 Å². The summed E-state index contributed by atoms with van der Waals surface area (Å²) < 4.78 is 5.42. The van der Waals surface area contributed by atoms with Crippen molar-refractivity contribution >= 4 is 17.6 Å². The van der Waals surface area contributed by atoms with Crippen LogP contribution in [0.15, 0.2) is 24.3 Å². The van der Waals surface area contributed by atoms with Crippen LogP contribution in [0, 0.1) is 6.92 Å². The highest BCUT2D eigenvalue weighted by Gasteiger charge is 2.36. The van der Waals surface area contributed by atoms with E-state index < -0.39 is 0 Å². The molecule has 2 aliphatic rings. The SMILES string of the molecule is CC(=O)N(C1CCOCC1)C1CCN(C(=O)Nc2ccccc2C)C1. The fourth-order valence-corrected chi connectivity index (χ4v) is 3.84. The molecular weight excluding hydrogens is 318 g/mol. The molecule has 25 heavy (non-hydrogen) atoms. The number of aryl methyl sites for hydroxylation is 1. The molecular formula is C19H27N3O3. The van der Waals surface area contributed by atoms with Gasteiger partial charge in [0.25, 0.3) is 0 Å². The van der Waals surface area contributed by atoms with Gasteiger partial charge in [0.1, 0.15) is 0 Å². The van der Waals surface area contributed by atoms with Crippen LogP contribution in [-0.2, 0) is 9.53 Å². The van der Waals surface area contributed by atoms with Crippen molar-refractivity contribution in [3.05, 3.63) is 29.8 Å². The molecule has 6 nitrogen and oxygen atoms in total. The second-order valence-electron chi connectivity index (χ2n) is 6.90. The number of para-hydroxylation sites is 1. The lowest BCUT2D eigenvalue weighted by Gasteiger charge is -2.37. The molecule has 3 rings (SSSR count). The number of amides is 3. The number of nitrogens with zero attached hydrogens (tertiary/aromatic N) is 2. The predicted molar refractivity (Wildman–Crippen MR) is 96.5 cm³/mol. The summed E-state index contributed by atoms with van der Waals surface area (Å²) in [5, 5.41) is 2.98. The molecule has 0 radical (unpaired) electrons. The number of nitrogens with one attached hydrogen (secondary N) is 1. The van der Waals surface area contributed by atoms with Crippen LogP contribution in [0.4, 0.5) is 10.5 Å². The highest BCUT2D eigenvalue weighted by atomic mass is 16.5. The normalized spacial score (nSPS) is 21.2. The number of hydrogen-bond acceptors (Lipinski definition) is 3. The van der Waals surface area contributed by atoms with Crippen LogP contribution in [0.1, 0.15) is 31.7 Å². The van der Waals surface area contributed by atoms with Gasteiger partial charge in [-0.05, 0) is 37.8 Å². The number of carbonyl (C=O) groups excluding carboxylic acids is 2. The number of ether oxygens (including phenoxy) is 1. The Balaban J connectivity index is 1.62. The summed E-state index contributed by atoms with van der Waals surface area (Å²) in [5.41, 5.74) is 1.88. The molecule has 2 heterocycles. The van der Waals surface area contributed by atoms with E-state index in [1.165, 1.54) is 0 Å². The van der Waals surface area contributed by atoms with Gasteiger partial charge in [-0.15, -0.1) is 0 Å². The fourth-order valence-electron chi connectivity index (χ4n) is 3.84. The number of urea groups is 1. The van der Waals surface area contributed by atoms with Crippen molar-refractivity contribution in [1.29, 1.82) is 0 Å². The number of hydrogen-bond donors (Lipinski definition) is 1. The van der Waals surface area contributed by atoms with Gasteiger partial charge in [0.15, 0.2) is 0 Å². The summed E-state index contributed by atoms with van der Waals surface area (Å²) in [6.07, 6.45) is 2.59. The van der Waals surface area contributed by atoms with Crippen molar-refractivity contribution in [1.82, 2.24) is 9.80 Å². The Morgan fingerprint density at radius 3 is 2.56 bits per heavy atom. The molecule has 0 spiro atoms. The average Bonchev–Trinajstić information content (AvgIpc) is 3.07. The van der Waals surface area contributed by atoms with Crippen LogP contribution < -0.4 is 5.32 Å². The molecule has 6 heteroatoms. The Kier molecular flexibility index (Phi) is 5.58. The molecule has 2 fully saturated rings. The molecule has 0 aliphatic carbocycles. The summed E-state index contributed by atoms with van der Waals surface area (Å²) in [6, 6.07) is 8.00. The summed E-state index contributed by atoms with van der Waals surface area (Å²) in [6.45, 7) is 6.29. The van der Waals surface area contributed by atoms with Crippen molar-refractivity contribution < 1.29 is 14.3 Å². The zero-order valence-electron chi connectivity index (χ0n) is 15.0. The van der Waals surface area contributed by atoms with Gasteiger partial charge in [0, 0.05) is 45.0 Å². The summed E-state index contributed by atoms with van der Waals surface area (Å²) >= 11 is 0. The van der Waals surface area contributed by atoms with E-state index in [0.29, 0.717) is 26.3 Å². The topological polar surface area (TPSA) is 61.9 Å². The first-order valence-corrected chi connectivity index (χ1v) is 9.04. The van der Waals surface area contributed by atoms with Gasteiger partial charge < -0.3 is 19.9 Å². The second-order valence-corrected chi connectivity index (χ2v) is 6.90. The molecule has 1 atom stereocenters. The third kappa shape index (κ3) is 4.12. The summed E-state index contributed by atoms with van der Waals surface area (Å²) in [7, 11) is 0. The first-order valence-electron chi connectivity index (χ1n) is 9.04. The highest BCUT2D eigenvalue weighted by molar-refractivity contribution is 5.90. The maximum Gasteiger partial charge on any atom is 0.321 e. The maximum atomic E-state index is 12.6. The Hall–Kier alpha value is -2.08. The quantitative estimate of drug-likeness (QED) is 0.916. The molecule has 1 aromatic carbocycles. The lowest BCUT2D eigenvalue weighted by atomic mass is 10.0. The Morgan fingerprint density at radius 1 is 1.16 bits per heavy atom. The minimum atomic E-state index is -0.0905. The van der Waals surface area contributed by atoms with Crippen LogP contribution in [0.25, 0.3) is 0 Å². The van der Waals surface area contributed by atoms with E-state index in [0.717, 1.165) is 30.5 Å². The van der Waals surface area contributed by atoms with Gasteiger partial charge in [-0.1, -0.05) is 18.2 Å². The number of likely N-dealkylation sites (tertiary alicyclic amines) is 1. The summed E-state index contributed by atoms with van der Waals surface area (Å²) in [4.78, 5) is 28.6. The van der Waals surface area contributed by atoms with E-state index in [-0.39, 0.29) is 24.0 Å². The third-order valence-corrected chi connectivity index (χ3v) is 5.18. The monoisotopic (exact) mass is 345 g/mol. The van der Waals surface area contributed by atoms with Crippen LogP contribution in [0.3, 0.4) is 0 Å². The van der Waals surface area contributed by atoms with Gasteiger partial charge in [0.05, 0.1) is 6.04 Å². The van der Waals surface area contributed by atoms with E-state index in [1.807, 2.05) is 41.0 Å². The van der Waals surface area contributed by atoms with Crippen LogP contribution in [-0.4, -0.2) is 60.1 Å². The Bertz CT molecular complexity index is 628. The Morgan fingerprint density at radius 2 is 1.88 bits per heavy atom. The van der Waals surface area contributed by atoms with Crippen molar-refractivity contribution in [3.63, 3.8) is 0 Å². The van der Waals surface area contributed by atoms with Gasteiger partial charge in [-0.3, -0.25) is 4.79 Å². The van der Waals surface area contributed by atoms with Gasteiger partial charge in [-0.25, -0.2) is 4.79 Å². The lowest BCUT2D eigenvalue weighted by molar-refractivity contribution is -0.135. The van der Waals surface area contributed by atoms with Gasteiger partial charge in [-0.2, -0.15) is 0 Å². The number of benzene rings is 1. The molecule has 0 aromatic heterocycles. The molecule has 2 aliphatic heterocycles. The molecule has 1 N–H and O–H groups in total. The van der Waals surface area contributed by atoms with E-state index in [2.05, 4.69) is 5.32 Å². The van der Waals surface area contributed by atoms with Gasteiger partial charge >= 0.3 is 6.03 Å².